The van der Waals surface area contributed by atoms with Gasteiger partial charge in [0, 0.05) is 0 Å². The Bertz CT molecular complexity index is 859. The molecule has 1 saturated carbocycles. The fourth-order valence-electron chi connectivity index (χ4n) is 2.40. The number of ether oxygens (including phenoxy) is 1. The maximum Gasteiger partial charge on any atom is 0.407 e. The van der Waals surface area contributed by atoms with Crippen LogP contribution in [0.1, 0.15) is 24.0 Å². The summed E-state index contributed by atoms with van der Waals surface area (Å²) in [6.07, 6.45) is 0.718. The number of amides is 1. The van der Waals surface area contributed by atoms with Gasteiger partial charge >= 0.3 is 6.09 Å². The molecule has 7 heteroatoms. The fraction of sp³-hybridized carbons (Fsp3) is 0.316. The summed E-state index contributed by atoms with van der Waals surface area (Å²) >= 11 is 0. The van der Waals surface area contributed by atoms with E-state index in [1.807, 2.05) is 37.3 Å². The molecular weight excluding hydrogens is 354 g/mol. The van der Waals surface area contributed by atoms with Crippen molar-refractivity contribution in [1.82, 2.24) is 5.32 Å². The van der Waals surface area contributed by atoms with Crippen LogP contribution in [0, 0.1) is 6.92 Å². The van der Waals surface area contributed by atoms with Crippen LogP contribution in [0.2, 0.25) is 0 Å². The van der Waals surface area contributed by atoms with E-state index in [-0.39, 0.29) is 18.1 Å². The number of carbonyl (C=O) groups excluding carboxylic acids is 1. The Morgan fingerprint density at radius 1 is 1.08 bits per heavy atom. The Morgan fingerprint density at radius 3 is 2.35 bits per heavy atom. The maximum absolute atomic E-state index is 12.2. The lowest BCUT2D eigenvalue weighted by Crippen LogP contribution is -2.41. The summed E-state index contributed by atoms with van der Waals surface area (Å²) in [5.41, 5.74) is 1.17. The first-order valence-electron chi connectivity index (χ1n) is 8.34. The van der Waals surface area contributed by atoms with Crippen molar-refractivity contribution in [2.24, 2.45) is 0 Å². The summed E-state index contributed by atoms with van der Waals surface area (Å²) in [6, 6.07) is 15.8. The zero-order chi connectivity index (χ0) is 18.6. The quantitative estimate of drug-likeness (QED) is 0.752. The summed E-state index contributed by atoms with van der Waals surface area (Å²) in [5.74, 6) is 0. The molecule has 2 aromatic carbocycles. The molecule has 138 valence electrons. The number of carbonyl (C=O) groups is 1. The van der Waals surface area contributed by atoms with Crippen LogP contribution in [0.25, 0.3) is 0 Å². The lowest BCUT2D eigenvalue weighted by molar-refractivity contribution is 0.129. The van der Waals surface area contributed by atoms with Gasteiger partial charge in [-0.15, -0.1) is 0 Å². The summed E-state index contributed by atoms with van der Waals surface area (Å²) in [5, 5.41) is 2.72. The van der Waals surface area contributed by atoms with Crippen LogP contribution in [-0.2, 0) is 25.6 Å². The normalized spacial score (nSPS) is 15.3. The number of hydrogen-bond acceptors (Lipinski definition) is 5. The minimum atomic E-state index is -3.85. The summed E-state index contributed by atoms with van der Waals surface area (Å²) < 4.78 is 34.8. The fourth-order valence-corrected chi connectivity index (χ4v) is 3.38. The van der Waals surface area contributed by atoms with Gasteiger partial charge in [0.2, 0.25) is 0 Å². The Morgan fingerprint density at radius 2 is 1.73 bits per heavy atom. The van der Waals surface area contributed by atoms with E-state index in [9.17, 15) is 13.2 Å². The largest absolute Gasteiger partial charge is 0.445 e. The molecule has 0 aliphatic heterocycles. The average Bonchev–Trinajstić information content (AvgIpc) is 3.39. The Balaban J connectivity index is 1.51. The molecule has 0 saturated heterocycles. The van der Waals surface area contributed by atoms with Gasteiger partial charge in [-0.25, -0.2) is 4.79 Å². The summed E-state index contributed by atoms with van der Waals surface area (Å²) in [6.45, 7) is 1.93. The number of aryl methyl sites for hydroxylation is 1. The first-order valence-corrected chi connectivity index (χ1v) is 9.74. The van der Waals surface area contributed by atoms with Gasteiger partial charge in [0.05, 0.1) is 17.0 Å². The lowest BCUT2D eigenvalue weighted by atomic mass is 10.2. The molecule has 26 heavy (non-hydrogen) atoms. The molecule has 1 N–H and O–H groups in total. The topological polar surface area (TPSA) is 81.7 Å². The van der Waals surface area contributed by atoms with Crippen molar-refractivity contribution in [3.8, 4) is 0 Å². The molecular formula is C19H21NO5S. The van der Waals surface area contributed by atoms with E-state index in [1.165, 1.54) is 12.1 Å². The van der Waals surface area contributed by atoms with E-state index in [1.54, 1.807) is 12.1 Å². The molecule has 0 spiro atoms. The minimum Gasteiger partial charge on any atom is -0.445 e. The molecule has 0 atom stereocenters. The smallest absolute Gasteiger partial charge is 0.407 e. The van der Waals surface area contributed by atoms with E-state index in [0.717, 1.165) is 11.1 Å². The highest BCUT2D eigenvalue weighted by Crippen LogP contribution is 2.36. The molecule has 3 rings (SSSR count). The lowest BCUT2D eigenvalue weighted by Gasteiger charge is -2.17. The highest BCUT2D eigenvalue weighted by atomic mass is 32.2. The second-order valence-corrected chi connectivity index (χ2v) is 8.11. The Hall–Kier alpha value is -2.38. The highest BCUT2D eigenvalue weighted by molar-refractivity contribution is 7.86. The van der Waals surface area contributed by atoms with Crippen LogP contribution in [0.3, 0.4) is 0 Å². The number of nitrogens with one attached hydrogen (secondary N) is 1. The molecule has 0 heterocycles. The number of rotatable bonds is 7. The number of hydrogen-bond donors (Lipinski definition) is 1. The number of alkyl carbamates (subject to hydrolysis) is 1. The molecule has 1 aliphatic rings. The third-order valence-electron chi connectivity index (χ3n) is 4.23. The zero-order valence-electron chi connectivity index (χ0n) is 14.5. The van der Waals surface area contributed by atoms with Crippen LogP contribution in [-0.4, -0.2) is 26.7 Å². The minimum absolute atomic E-state index is 0.102. The van der Waals surface area contributed by atoms with Gasteiger partial charge in [-0.3, -0.25) is 4.18 Å². The molecule has 1 aliphatic carbocycles. The van der Waals surface area contributed by atoms with Gasteiger partial charge in [0.25, 0.3) is 10.1 Å². The monoisotopic (exact) mass is 375 g/mol. The van der Waals surface area contributed by atoms with Gasteiger partial charge in [0.15, 0.2) is 0 Å². The van der Waals surface area contributed by atoms with Crippen molar-refractivity contribution in [3.05, 3.63) is 65.7 Å². The van der Waals surface area contributed by atoms with Crippen molar-refractivity contribution >= 4 is 16.2 Å². The number of benzene rings is 2. The van der Waals surface area contributed by atoms with Crippen molar-refractivity contribution in [2.75, 3.05) is 6.61 Å². The molecule has 0 unspecified atom stereocenters. The Kier molecular flexibility index (Phi) is 5.29. The first-order chi connectivity index (χ1) is 12.4. The molecule has 0 radical (unpaired) electrons. The second kappa shape index (κ2) is 7.47. The van der Waals surface area contributed by atoms with Crippen LogP contribution in [0.4, 0.5) is 4.79 Å². The zero-order valence-corrected chi connectivity index (χ0v) is 15.3. The summed E-state index contributed by atoms with van der Waals surface area (Å²) in [4.78, 5) is 12.1. The van der Waals surface area contributed by atoms with E-state index >= 15 is 0 Å². The molecule has 2 aromatic rings. The van der Waals surface area contributed by atoms with Crippen LogP contribution >= 0.6 is 0 Å². The van der Waals surface area contributed by atoms with Crippen molar-refractivity contribution in [3.63, 3.8) is 0 Å². The van der Waals surface area contributed by atoms with Gasteiger partial charge in [-0.1, -0.05) is 48.0 Å². The average molecular weight is 375 g/mol. The van der Waals surface area contributed by atoms with Gasteiger partial charge in [0.1, 0.15) is 6.61 Å². The standard InChI is InChI=1S/C19H21NO5S/c1-15-7-9-17(10-8-15)26(22,23)25-14-19(11-12-19)20-18(21)24-13-16-5-3-2-4-6-16/h2-10H,11-14H2,1H3,(H,20,21). The second-order valence-electron chi connectivity index (χ2n) is 6.50. The molecule has 6 nitrogen and oxygen atoms in total. The predicted molar refractivity (Wildman–Crippen MR) is 96.0 cm³/mol. The molecule has 1 amide bonds. The summed E-state index contributed by atoms with van der Waals surface area (Å²) in [7, 11) is -3.85. The van der Waals surface area contributed by atoms with Crippen molar-refractivity contribution in [1.29, 1.82) is 0 Å². The molecule has 0 bridgehead atoms. The van der Waals surface area contributed by atoms with Gasteiger partial charge in [-0.05, 0) is 37.5 Å². The first kappa shape index (κ1) is 18.4. The predicted octanol–water partition coefficient (Wildman–Crippen LogP) is 3.16. The SMILES string of the molecule is Cc1ccc(S(=O)(=O)OCC2(NC(=O)OCc3ccccc3)CC2)cc1. The van der Waals surface area contributed by atoms with Crippen molar-refractivity contribution < 1.29 is 22.1 Å². The highest BCUT2D eigenvalue weighted by Gasteiger charge is 2.46. The van der Waals surface area contributed by atoms with E-state index in [4.69, 9.17) is 8.92 Å². The van der Waals surface area contributed by atoms with Crippen LogP contribution in [0.15, 0.2) is 59.5 Å². The molecule has 1 fully saturated rings. The van der Waals surface area contributed by atoms with Crippen LogP contribution in [0.5, 0.6) is 0 Å². The third-order valence-corrected chi connectivity index (χ3v) is 5.51. The third kappa shape index (κ3) is 4.83. The maximum atomic E-state index is 12.2. The van der Waals surface area contributed by atoms with Crippen molar-refractivity contribution in [2.45, 2.75) is 36.8 Å². The van der Waals surface area contributed by atoms with Gasteiger partial charge in [-0.2, -0.15) is 8.42 Å². The Labute approximate surface area is 153 Å². The van der Waals surface area contributed by atoms with E-state index < -0.39 is 21.8 Å². The van der Waals surface area contributed by atoms with E-state index in [2.05, 4.69) is 5.32 Å². The van der Waals surface area contributed by atoms with Crippen LogP contribution < -0.4 is 5.32 Å². The molecule has 0 aromatic heterocycles. The van der Waals surface area contributed by atoms with E-state index in [0.29, 0.717) is 12.8 Å². The van der Waals surface area contributed by atoms with Gasteiger partial charge < -0.3 is 10.1 Å².